The molecule has 4 heteroatoms. The minimum absolute atomic E-state index is 0.0720. The molecule has 0 radical (unpaired) electrons. The molecule has 1 aromatic rings. The van der Waals surface area contributed by atoms with Crippen molar-refractivity contribution >= 4 is 15.9 Å². The topological polar surface area (TPSA) is 21.3 Å². The Labute approximate surface area is 104 Å². The Morgan fingerprint density at radius 3 is 2.69 bits per heavy atom. The number of nitrogens with one attached hydrogen (secondary N) is 1. The molecule has 0 saturated heterocycles. The van der Waals surface area contributed by atoms with E-state index in [1.165, 1.54) is 12.1 Å². The third kappa shape index (κ3) is 4.94. The van der Waals surface area contributed by atoms with E-state index in [2.05, 4.69) is 42.0 Å². The summed E-state index contributed by atoms with van der Waals surface area (Å²) in [5.41, 5.74) is 0.0720. The van der Waals surface area contributed by atoms with Gasteiger partial charge in [0.1, 0.15) is 18.2 Å². The van der Waals surface area contributed by atoms with Crippen molar-refractivity contribution in [1.29, 1.82) is 0 Å². The Morgan fingerprint density at radius 2 is 2.06 bits per heavy atom. The lowest BCUT2D eigenvalue weighted by molar-refractivity contribution is 0.288. The van der Waals surface area contributed by atoms with Gasteiger partial charge in [-0.25, -0.2) is 4.39 Å². The Kier molecular flexibility index (Phi) is 4.74. The minimum Gasteiger partial charge on any atom is -0.491 e. The van der Waals surface area contributed by atoms with Crippen molar-refractivity contribution in [2.45, 2.75) is 26.3 Å². The molecule has 0 unspecified atom stereocenters. The Hall–Kier alpha value is -0.610. The van der Waals surface area contributed by atoms with Gasteiger partial charge in [-0.2, -0.15) is 0 Å². The van der Waals surface area contributed by atoms with Crippen LogP contribution in [0.15, 0.2) is 22.7 Å². The first-order valence-electron chi connectivity index (χ1n) is 5.21. The quantitative estimate of drug-likeness (QED) is 0.859. The number of benzene rings is 1. The van der Waals surface area contributed by atoms with Crippen LogP contribution in [0.1, 0.15) is 20.8 Å². The second-order valence-corrected chi connectivity index (χ2v) is 5.45. The van der Waals surface area contributed by atoms with Crippen LogP contribution in [0.4, 0.5) is 4.39 Å². The number of halogens is 2. The van der Waals surface area contributed by atoms with E-state index >= 15 is 0 Å². The highest BCUT2D eigenvalue weighted by Crippen LogP contribution is 2.25. The van der Waals surface area contributed by atoms with Gasteiger partial charge >= 0.3 is 0 Å². The molecule has 0 aromatic heterocycles. The van der Waals surface area contributed by atoms with Crippen LogP contribution in [0.25, 0.3) is 0 Å². The molecule has 0 bridgehead atoms. The van der Waals surface area contributed by atoms with Crippen molar-refractivity contribution in [3.63, 3.8) is 0 Å². The van der Waals surface area contributed by atoms with E-state index in [-0.39, 0.29) is 11.4 Å². The zero-order valence-corrected chi connectivity index (χ0v) is 11.4. The first-order chi connectivity index (χ1) is 7.38. The fourth-order valence-corrected chi connectivity index (χ4v) is 1.54. The average molecular weight is 290 g/mol. The maximum Gasteiger partial charge on any atom is 0.136 e. The van der Waals surface area contributed by atoms with Crippen LogP contribution in [0, 0.1) is 5.82 Å². The summed E-state index contributed by atoms with van der Waals surface area (Å²) < 4.78 is 19.2. The molecule has 0 saturated carbocycles. The van der Waals surface area contributed by atoms with Crippen molar-refractivity contribution in [2.24, 2.45) is 0 Å². The summed E-state index contributed by atoms with van der Waals surface area (Å²) in [5.74, 6) is 0.248. The van der Waals surface area contributed by atoms with Gasteiger partial charge in [0, 0.05) is 18.2 Å². The van der Waals surface area contributed by atoms with E-state index in [1.54, 1.807) is 6.07 Å². The lowest BCUT2D eigenvalue weighted by Crippen LogP contribution is -2.38. The molecule has 1 aromatic carbocycles. The minimum atomic E-state index is -0.290. The average Bonchev–Trinajstić information content (AvgIpc) is 2.16. The van der Waals surface area contributed by atoms with Crippen molar-refractivity contribution in [3.05, 3.63) is 28.5 Å². The normalized spacial score (nSPS) is 11.6. The summed E-state index contributed by atoms with van der Waals surface area (Å²) in [6, 6.07) is 4.41. The molecular formula is C12H17BrFNO. The van der Waals surface area contributed by atoms with E-state index in [0.717, 1.165) is 11.0 Å². The molecule has 0 fully saturated rings. The highest BCUT2D eigenvalue weighted by molar-refractivity contribution is 9.10. The summed E-state index contributed by atoms with van der Waals surface area (Å²) in [4.78, 5) is 0. The molecule has 1 rings (SSSR count). The highest BCUT2D eigenvalue weighted by Gasteiger charge is 2.08. The van der Waals surface area contributed by atoms with Gasteiger partial charge in [0.25, 0.3) is 0 Å². The second-order valence-electron chi connectivity index (χ2n) is 4.60. The summed E-state index contributed by atoms with van der Waals surface area (Å²) >= 11 is 3.31. The van der Waals surface area contributed by atoms with Crippen LogP contribution < -0.4 is 10.1 Å². The maximum absolute atomic E-state index is 12.9. The lowest BCUT2D eigenvalue weighted by Gasteiger charge is -2.20. The third-order valence-corrected chi connectivity index (χ3v) is 2.56. The zero-order chi connectivity index (χ0) is 12.2. The molecule has 1 N–H and O–H groups in total. The van der Waals surface area contributed by atoms with Gasteiger partial charge in [-0.15, -0.1) is 0 Å². The maximum atomic E-state index is 12.9. The van der Waals surface area contributed by atoms with Gasteiger partial charge in [0.15, 0.2) is 0 Å². The molecule has 0 heterocycles. The highest BCUT2D eigenvalue weighted by atomic mass is 79.9. The first-order valence-corrected chi connectivity index (χ1v) is 6.01. The number of rotatable bonds is 4. The van der Waals surface area contributed by atoms with Crippen LogP contribution >= 0.6 is 15.9 Å². The predicted molar refractivity (Wildman–Crippen MR) is 67.4 cm³/mol. The molecular weight excluding hydrogens is 273 g/mol. The van der Waals surface area contributed by atoms with Crippen molar-refractivity contribution in [1.82, 2.24) is 5.32 Å². The fourth-order valence-electron chi connectivity index (χ4n) is 1.17. The van der Waals surface area contributed by atoms with E-state index < -0.39 is 0 Å². The molecule has 0 atom stereocenters. The molecule has 16 heavy (non-hydrogen) atoms. The standard InChI is InChI=1S/C12H17BrFNO/c1-12(2,3)15-6-7-16-11-8-9(14)4-5-10(11)13/h4-5,8,15H,6-7H2,1-3H3. The van der Waals surface area contributed by atoms with Crippen LogP contribution in [0.5, 0.6) is 5.75 Å². The van der Waals surface area contributed by atoms with Crippen LogP contribution in [-0.2, 0) is 0 Å². The van der Waals surface area contributed by atoms with Gasteiger partial charge < -0.3 is 10.1 Å². The first kappa shape index (κ1) is 13.5. The predicted octanol–water partition coefficient (Wildman–Crippen LogP) is 3.36. The Bertz CT molecular complexity index is 349. The van der Waals surface area contributed by atoms with Gasteiger partial charge in [-0.05, 0) is 48.8 Å². The van der Waals surface area contributed by atoms with Crippen molar-refractivity contribution < 1.29 is 9.13 Å². The second kappa shape index (κ2) is 5.64. The lowest BCUT2D eigenvalue weighted by atomic mass is 10.1. The third-order valence-electron chi connectivity index (χ3n) is 1.91. The smallest absolute Gasteiger partial charge is 0.136 e. The Balaban J connectivity index is 2.40. The van der Waals surface area contributed by atoms with Crippen LogP contribution in [0.2, 0.25) is 0 Å². The number of hydrogen-bond acceptors (Lipinski definition) is 2. The molecule has 0 spiro atoms. The Morgan fingerprint density at radius 1 is 1.38 bits per heavy atom. The largest absolute Gasteiger partial charge is 0.491 e. The van der Waals surface area contributed by atoms with E-state index in [1.807, 2.05) is 0 Å². The van der Waals surface area contributed by atoms with E-state index in [9.17, 15) is 4.39 Å². The monoisotopic (exact) mass is 289 g/mol. The van der Waals surface area contributed by atoms with E-state index in [4.69, 9.17) is 4.74 Å². The molecule has 0 aliphatic carbocycles. The van der Waals surface area contributed by atoms with E-state index in [0.29, 0.717) is 12.4 Å². The van der Waals surface area contributed by atoms with Gasteiger partial charge in [-0.3, -0.25) is 0 Å². The molecule has 0 aliphatic heterocycles. The summed E-state index contributed by atoms with van der Waals surface area (Å²) in [7, 11) is 0. The molecule has 0 aliphatic rings. The fraction of sp³-hybridized carbons (Fsp3) is 0.500. The van der Waals surface area contributed by atoms with Crippen molar-refractivity contribution in [3.8, 4) is 5.75 Å². The van der Waals surface area contributed by atoms with Gasteiger partial charge in [0.2, 0.25) is 0 Å². The van der Waals surface area contributed by atoms with Crippen molar-refractivity contribution in [2.75, 3.05) is 13.2 Å². The molecule has 2 nitrogen and oxygen atoms in total. The summed E-state index contributed by atoms with van der Waals surface area (Å²) in [5, 5.41) is 3.29. The van der Waals surface area contributed by atoms with Gasteiger partial charge in [0.05, 0.1) is 4.47 Å². The summed E-state index contributed by atoms with van der Waals surface area (Å²) in [6.07, 6.45) is 0. The number of hydrogen-bond donors (Lipinski definition) is 1. The summed E-state index contributed by atoms with van der Waals surface area (Å²) in [6.45, 7) is 7.51. The van der Waals surface area contributed by atoms with Gasteiger partial charge in [-0.1, -0.05) is 0 Å². The van der Waals surface area contributed by atoms with Crippen LogP contribution in [0.3, 0.4) is 0 Å². The zero-order valence-electron chi connectivity index (χ0n) is 9.81. The number of ether oxygens (including phenoxy) is 1. The van der Waals surface area contributed by atoms with Crippen LogP contribution in [-0.4, -0.2) is 18.7 Å². The molecule has 90 valence electrons. The SMILES string of the molecule is CC(C)(C)NCCOc1cc(F)ccc1Br. The molecule has 0 amide bonds.